The molecular formula is C13H15N5O. The van der Waals surface area contributed by atoms with Crippen LogP contribution < -0.4 is 10.6 Å². The molecule has 0 bridgehead atoms. The van der Waals surface area contributed by atoms with Crippen LogP contribution >= 0.6 is 0 Å². The average molecular weight is 257 g/mol. The van der Waals surface area contributed by atoms with E-state index in [-0.39, 0.29) is 6.03 Å². The van der Waals surface area contributed by atoms with E-state index >= 15 is 0 Å². The van der Waals surface area contributed by atoms with Crippen LogP contribution in [0, 0.1) is 0 Å². The lowest BCUT2D eigenvalue weighted by molar-refractivity contribution is 0.229. The highest BCUT2D eigenvalue weighted by Crippen LogP contribution is 2.26. The average Bonchev–Trinajstić information content (AvgIpc) is 2.98. The number of aromatic nitrogens is 2. The number of nitrogens with two attached hydrogens (primary N) is 1. The molecule has 0 radical (unpaired) electrons. The van der Waals surface area contributed by atoms with Crippen molar-refractivity contribution in [3.63, 3.8) is 0 Å². The SMILES string of the molecule is CN1CCN(c2cccc(-c3cc(N)n[nH]3)c2)C1=O. The summed E-state index contributed by atoms with van der Waals surface area (Å²) in [5.74, 6) is 0.456. The van der Waals surface area contributed by atoms with Gasteiger partial charge < -0.3 is 10.6 Å². The molecule has 1 fully saturated rings. The molecule has 0 aliphatic carbocycles. The summed E-state index contributed by atoms with van der Waals surface area (Å²) in [5, 5.41) is 6.78. The lowest BCUT2D eigenvalue weighted by atomic mass is 10.1. The van der Waals surface area contributed by atoms with Gasteiger partial charge in [0, 0.05) is 37.5 Å². The Morgan fingerprint density at radius 2 is 2.16 bits per heavy atom. The minimum absolute atomic E-state index is 0.0290. The Kier molecular flexibility index (Phi) is 2.63. The molecule has 0 spiro atoms. The molecule has 3 N–H and O–H groups in total. The Balaban J connectivity index is 1.94. The van der Waals surface area contributed by atoms with Gasteiger partial charge in [0.05, 0.1) is 5.69 Å². The van der Waals surface area contributed by atoms with Gasteiger partial charge in [-0.1, -0.05) is 12.1 Å². The van der Waals surface area contributed by atoms with Crippen molar-refractivity contribution in [2.75, 3.05) is 30.8 Å². The predicted octanol–water partition coefficient (Wildman–Crippen LogP) is 1.53. The lowest BCUT2D eigenvalue weighted by Gasteiger charge is -2.16. The van der Waals surface area contributed by atoms with Crippen LogP contribution in [0.4, 0.5) is 16.3 Å². The van der Waals surface area contributed by atoms with E-state index in [4.69, 9.17) is 5.73 Å². The number of carbonyl (C=O) groups is 1. The zero-order valence-corrected chi connectivity index (χ0v) is 10.6. The Labute approximate surface area is 110 Å². The fourth-order valence-electron chi connectivity index (χ4n) is 2.21. The van der Waals surface area contributed by atoms with Crippen LogP contribution in [0.3, 0.4) is 0 Å². The van der Waals surface area contributed by atoms with E-state index in [2.05, 4.69) is 10.2 Å². The first-order valence-corrected chi connectivity index (χ1v) is 6.09. The second-order valence-corrected chi connectivity index (χ2v) is 4.61. The molecule has 19 heavy (non-hydrogen) atoms. The smallest absolute Gasteiger partial charge is 0.324 e. The number of likely N-dealkylation sites (N-methyl/N-ethyl adjacent to an activating group) is 1. The first-order valence-electron chi connectivity index (χ1n) is 6.09. The summed E-state index contributed by atoms with van der Waals surface area (Å²) in [6.45, 7) is 1.46. The molecule has 1 saturated heterocycles. The van der Waals surface area contributed by atoms with E-state index in [0.29, 0.717) is 12.4 Å². The molecule has 1 aromatic heterocycles. The third-order valence-electron chi connectivity index (χ3n) is 3.28. The molecule has 2 aromatic rings. The molecule has 1 aliphatic rings. The molecule has 98 valence electrons. The zero-order valence-electron chi connectivity index (χ0n) is 10.6. The van der Waals surface area contributed by atoms with E-state index in [1.807, 2.05) is 31.3 Å². The number of aromatic amines is 1. The second kappa shape index (κ2) is 4.31. The van der Waals surface area contributed by atoms with Gasteiger partial charge in [-0.15, -0.1) is 0 Å². The third-order valence-corrected chi connectivity index (χ3v) is 3.28. The predicted molar refractivity (Wildman–Crippen MR) is 73.8 cm³/mol. The number of nitrogen functional groups attached to an aromatic ring is 1. The van der Waals surface area contributed by atoms with Crippen molar-refractivity contribution in [2.45, 2.75) is 0 Å². The maximum Gasteiger partial charge on any atom is 0.324 e. The topological polar surface area (TPSA) is 78.2 Å². The van der Waals surface area contributed by atoms with Gasteiger partial charge in [-0.3, -0.25) is 10.00 Å². The van der Waals surface area contributed by atoms with Crippen molar-refractivity contribution in [3.05, 3.63) is 30.3 Å². The Morgan fingerprint density at radius 1 is 1.32 bits per heavy atom. The number of rotatable bonds is 2. The Morgan fingerprint density at radius 3 is 2.79 bits per heavy atom. The molecule has 3 rings (SSSR count). The number of hydrogen-bond donors (Lipinski definition) is 2. The number of nitrogens with one attached hydrogen (secondary N) is 1. The number of carbonyl (C=O) groups excluding carboxylic acids is 1. The van der Waals surface area contributed by atoms with E-state index in [1.54, 1.807) is 15.9 Å². The second-order valence-electron chi connectivity index (χ2n) is 4.61. The molecular weight excluding hydrogens is 242 g/mol. The summed E-state index contributed by atoms with van der Waals surface area (Å²) in [6, 6.07) is 9.58. The molecule has 2 amide bonds. The van der Waals surface area contributed by atoms with Gasteiger partial charge in [-0.25, -0.2) is 4.79 Å². The van der Waals surface area contributed by atoms with Gasteiger partial charge in [0.2, 0.25) is 0 Å². The first kappa shape index (κ1) is 11.6. The minimum Gasteiger partial charge on any atom is -0.382 e. The maximum atomic E-state index is 12.0. The molecule has 1 aromatic carbocycles. The van der Waals surface area contributed by atoms with Gasteiger partial charge in [0.25, 0.3) is 0 Å². The van der Waals surface area contributed by atoms with Gasteiger partial charge >= 0.3 is 6.03 Å². The van der Waals surface area contributed by atoms with Crippen LogP contribution in [0.1, 0.15) is 0 Å². The normalized spacial score (nSPS) is 15.3. The fourth-order valence-corrected chi connectivity index (χ4v) is 2.21. The summed E-state index contributed by atoms with van der Waals surface area (Å²) in [6.07, 6.45) is 0. The minimum atomic E-state index is 0.0290. The highest BCUT2D eigenvalue weighted by atomic mass is 16.2. The summed E-state index contributed by atoms with van der Waals surface area (Å²) in [4.78, 5) is 15.4. The highest BCUT2D eigenvalue weighted by molar-refractivity contribution is 5.94. The molecule has 1 aliphatic heterocycles. The largest absolute Gasteiger partial charge is 0.382 e. The Bertz CT molecular complexity index is 621. The summed E-state index contributed by atoms with van der Waals surface area (Å²) >= 11 is 0. The van der Waals surface area contributed by atoms with Crippen molar-refractivity contribution < 1.29 is 4.79 Å². The standard InChI is InChI=1S/C13H15N5O/c1-17-5-6-18(13(17)19)10-4-2-3-9(7-10)11-8-12(14)16-15-11/h2-4,7-8H,5-6H2,1H3,(H3,14,15,16). The number of benzene rings is 1. The monoisotopic (exact) mass is 257 g/mol. The van der Waals surface area contributed by atoms with E-state index in [9.17, 15) is 4.79 Å². The number of anilines is 2. The van der Waals surface area contributed by atoms with Crippen molar-refractivity contribution >= 4 is 17.5 Å². The van der Waals surface area contributed by atoms with Gasteiger partial charge in [0.1, 0.15) is 5.82 Å². The maximum absolute atomic E-state index is 12.0. The van der Waals surface area contributed by atoms with Crippen molar-refractivity contribution in [2.24, 2.45) is 0 Å². The Hall–Kier alpha value is -2.50. The van der Waals surface area contributed by atoms with E-state index in [0.717, 1.165) is 23.5 Å². The molecule has 2 heterocycles. The fraction of sp³-hybridized carbons (Fsp3) is 0.231. The number of amides is 2. The molecule has 0 atom stereocenters. The van der Waals surface area contributed by atoms with E-state index < -0.39 is 0 Å². The lowest BCUT2D eigenvalue weighted by Crippen LogP contribution is -2.29. The van der Waals surface area contributed by atoms with Crippen molar-refractivity contribution in [3.8, 4) is 11.3 Å². The van der Waals surface area contributed by atoms with Gasteiger partial charge in [0.15, 0.2) is 0 Å². The molecule has 0 saturated carbocycles. The number of nitrogens with zero attached hydrogens (tertiary/aromatic N) is 3. The number of urea groups is 1. The zero-order chi connectivity index (χ0) is 13.4. The van der Waals surface area contributed by atoms with Crippen LogP contribution in [0.2, 0.25) is 0 Å². The van der Waals surface area contributed by atoms with E-state index in [1.165, 1.54) is 0 Å². The van der Waals surface area contributed by atoms with Crippen LogP contribution in [-0.4, -0.2) is 41.3 Å². The summed E-state index contributed by atoms with van der Waals surface area (Å²) in [5.41, 5.74) is 8.30. The molecule has 6 nitrogen and oxygen atoms in total. The van der Waals surface area contributed by atoms with Gasteiger partial charge in [-0.05, 0) is 12.1 Å². The van der Waals surface area contributed by atoms with Crippen LogP contribution in [-0.2, 0) is 0 Å². The number of H-pyrrole nitrogens is 1. The highest BCUT2D eigenvalue weighted by Gasteiger charge is 2.26. The van der Waals surface area contributed by atoms with Crippen molar-refractivity contribution in [1.29, 1.82) is 0 Å². The van der Waals surface area contributed by atoms with Crippen molar-refractivity contribution in [1.82, 2.24) is 15.1 Å². The van der Waals surface area contributed by atoms with Crippen LogP contribution in [0.25, 0.3) is 11.3 Å². The van der Waals surface area contributed by atoms with Crippen LogP contribution in [0.5, 0.6) is 0 Å². The quantitative estimate of drug-likeness (QED) is 0.856. The molecule has 0 unspecified atom stereocenters. The molecule has 6 heteroatoms. The number of hydrogen-bond acceptors (Lipinski definition) is 3. The first-order chi connectivity index (χ1) is 9.15. The van der Waals surface area contributed by atoms with Crippen LogP contribution in [0.15, 0.2) is 30.3 Å². The van der Waals surface area contributed by atoms with Gasteiger partial charge in [-0.2, -0.15) is 5.10 Å². The summed E-state index contributed by atoms with van der Waals surface area (Å²) in [7, 11) is 1.81. The third kappa shape index (κ3) is 2.01. The summed E-state index contributed by atoms with van der Waals surface area (Å²) < 4.78 is 0.